The van der Waals surface area contributed by atoms with Gasteiger partial charge in [0.15, 0.2) is 0 Å². The zero-order chi connectivity index (χ0) is 13.2. The number of benzene rings is 2. The van der Waals surface area contributed by atoms with Crippen LogP contribution in [0.3, 0.4) is 0 Å². The molecule has 2 aromatic carbocycles. The summed E-state index contributed by atoms with van der Waals surface area (Å²) in [4.78, 5) is 7.27. The molecule has 0 saturated carbocycles. The first-order chi connectivity index (χ1) is 9.25. The van der Waals surface area contributed by atoms with Crippen molar-refractivity contribution in [3.05, 3.63) is 53.8 Å². The minimum Gasteiger partial charge on any atom is -0.306 e. The summed E-state index contributed by atoms with van der Waals surface area (Å²) in [5.74, 6) is -0.214. The lowest BCUT2D eigenvalue weighted by Gasteiger charge is -2.21. The van der Waals surface area contributed by atoms with Gasteiger partial charge in [-0.25, -0.2) is 4.39 Å². The summed E-state index contributed by atoms with van der Waals surface area (Å²) in [6.45, 7) is 2.67. The Morgan fingerprint density at radius 2 is 2.00 bits per heavy atom. The molecule has 0 bridgehead atoms. The van der Waals surface area contributed by atoms with Gasteiger partial charge in [0.2, 0.25) is 0 Å². The normalized spacial score (nSPS) is 14.5. The van der Waals surface area contributed by atoms with Crippen molar-refractivity contribution in [1.29, 1.82) is 0 Å². The van der Waals surface area contributed by atoms with Crippen molar-refractivity contribution < 1.29 is 9.23 Å². The zero-order valence-corrected chi connectivity index (χ0v) is 10.8. The van der Waals surface area contributed by atoms with Gasteiger partial charge in [-0.1, -0.05) is 29.8 Å². The van der Waals surface area contributed by atoms with Gasteiger partial charge in [0.1, 0.15) is 5.82 Å². The first-order valence-electron chi connectivity index (χ1n) is 6.37. The lowest BCUT2D eigenvalue weighted by Crippen LogP contribution is -2.20. The molecule has 3 rings (SSSR count). The third kappa shape index (κ3) is 2.36. The molecule has 0 aromatic heterocycles. The van der Waals surface area contributed by atoms with E-state index in [-0.39, 0.29) is 5.82 Å². The van der Waals surface area contributed by atoms with E-state index >= 15 is 0 Å². The highest BCUT2D eigenvalue weighted by molar-refractivity contribution is 6.41. The van der Waals surface area contributed by atoms with E-state index < -0.39 is 0 Å². The van der Waals surface area contributed by atoms with Crippen LogP contribution in [-0.2, 0) is 4.84 Å². The summed E-state index contributed by atoms with van der Waals surface area (Å²) in [6.07, 6.45) is 0.880. The van der Waals surface area contributed by atoms with Gasteiger partial charge in [0.25, 0.3) is 7.41 Å². The molecule has 2 nitrogen and oxygen atoms in total. The first-order valence-corrected chi connectivity index (χ1v) is 6.37. The summed E-state index contributed by atoms with van der Waals surface area (Å²) >= 11 is 0. The fourth-order valence-corrected chi connectivity index (χ4v) is 2.28. The molecule has 0 amide bonds. The van der Waals surface area contributed by atoms with Gasteiger partial charge < -0.3 is 4.97 Å². The second kappa shape index (κ2) is 5.06. The van der Waals surface area contributed by atoms with Crippen molar-refractivity contribution in [1.82, 2.24) is 0 Å². The van der Waals surface area contributed by atoms with Crippen molar-refractivity contribution >= 4 is 13.1 Å². The maximum Gasteiger partial charge on any atom is 0.288 e. The van der Waals surface area contributed by atoms with Crippen LogP contribution in [0, 0.1) is 12.7 Å². The topological polar surface area (TPSA) is 12.5 Å². The molecule has 1 heterocycles. The first kappa shape index (κ1) is 12.2. The van der Waals surface area contributed by atoms with Crippen molar-refractivity contribution in [2.75, 3.05) is 11.6 Å². The minimum atomic E-state index is -0.214. The molecular formula is C15H14BFNO. The molecule has 1 aliphatic heterocycles. The number of anilines is 1. The summed E-state index contributed by atoms with van der Waals surface area (Å²) in [7, 11) is 1.98. The smallest absolute Gasteiger partial charge is 0.288 e. The maximum absolute atomic E-state index is 14.0. The van der Waals surface area contributed by atoms with E-state index in [2.05, 4.69) is 0 Å². The predicted octanol–water partition coefficient (Wildman–Crippen LogP) is 3.59. The van der Waals surface area contributed by atoms with Crippen LogP contribution < -0.4 is 4.97 Å². The quantitative estimate of drug-likeness (QED) is 0.759. The highest BCUT2D eigenvalue weighted by Gasteiger charge is 2.20. The number of hydrogen-bond acceptors (Lipinski definition) is 2. The van der Waals surface area contributed by atoms with E-state index in [1.807, 2.05) is 38.6 Å². The van der Waals surface area contributed by atoms with Crippen LogP contribution in [0.25, 0.3) is 11.1 Å². The van der Waals surface area contributed by atoms with Gasteiger partial charge in [-0.05, 0) is 31.4 Å². The lowest BCUT2D eigenvalue weighted by molar-refractivity contribution is 0.185. The minimum absolute atomic E-state index is 0.214. The summed E-state index contributed by atoms with van der Waals surface area (Å²) < 4.78 is 14.0. The molecule has 0 spiro atoms. The van der Waals surface area contributed by atoms with Gasteiger partial charge in [-0.3, -0.25) is 4.84 Å². The van der Waals surface area contributed by atoms with Crippen LogP contribution in [-0.4, -0.2) is 14.0 Å². The largest absolute Gasteiger partial charge is 0.306 e. The highest BCUT2D eigenvalue weighted by atomic mass is 19.1. The van der Waals surface area contributed by atoms with Gasteiger partial charge in [0.05, 0.1) is 12.3 Å². The molecule has 0 aliphatic carbocycles. The van der Waals surface area contributed by atoms with Crippen molar-refractivity contribution in [3.63, 3.8) is 0 Å². The molecule has 19 heavy (non-hydrogen) atoms. The average Bonchev–Trinajstić information content (AvgIpc) is 2.93. The Bertz CT molecular complexity index is 596. The molecule has 0 atom stereocenters. The molecule has 0 unspecified atom stereocenters. The Morgan fingerprint density at radius 3 is 2.74 bits per heavy atom. The van der Waals surface area contributed by atoms with Crippen LogP contribution in [0.5, 0.6) is 0 Å². The van der Waals surface area contributed by atoms with Gasteiger partial charge >= 0.3 is 0 Å². The van der Waals surface area contributed by atoms with Crippen LogP contribution in [0.1, 0.15) is 5.56 Å². The van der Waals surface area contributed by atoms with Crippen LogP contribution in [0.2, 0.25) is 6.32 Å². The molecule has 4 heteroatoms. The second-order valence-corrected chi connectivity index (χ2v) is 4.63. The summed E-state index contributed by atoms with van der Waals surface area (Å²) in [5, 5.41) is 0. The van der Waals surface area contributed by atoms with Gasteiger partial charge in [-0.15, -0.1) is 0 Å². The fourth-order valence-electron chi connectivity index (χ4n) is 2.28. The SMILES string of the molecule is Cc1ccc(N2[B]CCO2)c(-c2ccccc2F)c1. The Balaban J connectivity index is 2.13. The van der Waals surface area contributed by atoms with Crippen LogP contribution >= 0.6 is 0 Å². The monoisotopic (exact) mass is 254 g/mol. The number of aryl methyl sites for hydroxylation is 1. The Kier molecular flexibility index (Phi) is 3.26. The van der Waals surface area contributed by atoms with Crippen molar-refractivity contribution in [2.24, 2.45) is 0 Å². The van der Waals surface area contributed by atoms with Crippen LogP contribution in [0.4, 0.5) is 10.1 Å². The summed E-state index contributed by atoms with van der Waals surface area (Å²) in [6, 6.07) is 12.8. The third-order valence-electron chi connectivity index (χ3n) is 3.20. The third-order valence-corrected chi connectivity index (χ3v) is 3.20. The number of nitrogens with zero attached hydrogens (tertiary/aromatic N) is 1. The van der Waals surface area contributed by atoms with Crippen molar-refractivity contribution in [3.8, 4) is 11.1 Å². The van der Waals surface area contributed by atoms with Crippen molar-refractivity contribution in [2.45, 2.75) is 13.2 Å². The van der Waals surface area contributed by atoms with Crippen LogP contribution in [0.15, 0.2) is 42.5 Å². The Morgan fingerprint density at radius 1 is 1.16 bits per heavy atom. The van der Waals surface area contributed by atoms with E-state index in [0.29, 0.717) is 12.2 Å². The molecule has 1 aliphatic rings. The molecule has 1 saturated heterocycles. The summed E-state index contributed by atoms with van der Waals surface area (Å²) in [5.41, 5.74) is 3.44. The standard InChI is InChI=1S/C15H14BFNO/c1-11-6-7-15(18-16-8-9-19-18)13(10-11)12-4-2-3-5-14(12)17/h2-7,10H,8-9H2,1H3. The molecule has 95 valence electrons. The highest BCUT2D eigenvalue weighted by Crippen LogP contribution is 2.34. The van der Waals surface area contributed by atoms with Gasteiger partial charge in [-0.2, -0.15) is 0 Å². The molecule has 0 N–H and O–H groups in total. The fraction of sp³-hybridized carbons (Fsp3) is 0.200. The molecule has 2 aromatic rings. The Hall–Kier alpha value is -1.81. The second-order valence-electron chi connectivity index (χ2n) is 4.63. The molecular weight excluding hydrogens is 240 g/mol. The van der Waals surface area contributed by atoms with E-state index in [1.54, 1.807) is 17.1 Å². The number of halogens is 1. The number of rotatable bonds is 2. The van der Waals surface area contributed by atoms with Gasteiger partial charge in [0, 0.05) is 11.1 Å². The van der Waals surface area contributed by atoms with E-state index in [0.717, 1.165) is 23.1 Å². The zero-order valence-electron chi connectivity index (χ0n) is 10.8. The van der Waals surface area contributed by atoms with E-state index in [1.165, 1.54) is 6.07 Å². The Labute approximate surface area is 113 Å². The molecule has 1 fully saturated rings. The average molecular weight is 254 g/mol. The van der Waals surface area contributed by atoms with E-state index in [4.69, 9.17) is 4.84 Å². The number of hydrogen-bond donors (Lipinski definition) is 0. The molecule has 1 radical (unpaired) electrons. The lowest BCUT2D eigenvalue weighted by atomic mass is 9.88. The predicted molar refractivity (Wildman–Crippen MR) is 75.6 cm³/mol. The van der Waals surface area contributed by atoms with E-state index in [9.17, 15) is 4.39 Å². The maximum atomic E-state index is 14.0.